The van der Waals surface area contributed by atoms with E-state index in [-0.39, 0.29) is 23.5 Å². The van der Waals surface area contributed by atoms with E-state index in [0.29, 0.717) is 18.2 Å². The summed E-state index contributed by atoms with van der Waals surface area (Å²) in [4.78, 5) is 27.1. The highest BCUT2D eigenvalue weighted by Gasteiger charge is 2.18. The number of carbonyl (C=O) groups excluding carboxylic acids is 1. The van der Waals surface area contributed by atoms with Gasteiger partial charge in [0.2, 0.25) is 5.88 Å². The summed E-state index contributed by atoms with van der Waals surface area (Å²) in [6.45, 7) is 2.69. The van der Waals surface area contributed by atoms with Crippen molar-refractivity contribution < 1.29 is 23.9 Å². The first-order valence-electron chi connectivity index (χ1n) is 9.46. The lowest BCUT2D eigenvalue weighted by Gasteiger charge is -2.09. The number of nitrogens with one attached hydrogen (secondary N) is 1. The van der Waals surface area contributed by atoms with Crippen molar-refractivity contribution >= 4 is 11.6 Å². The number of nitrogens with zero attached hydrogens (tertiary/aromatic N) is 2. The van der Waals surface area contributed by atoms with Gasteiger partial charge in [-0.3, -0.25) is 14.9 Å². The molecule has 0 aliphatic heterocycles. The molecule has 0 bridgehead atoms. The second kappa shape index (κ2) is 10.1. The largest absolute Gasteiger partial charge is 0.494 e. The topological polar surface area (TPSA) is 113 Å². The molecule has 0 unspecified atom stereocenters. The van der Waals surface area contributed by atoms with Crippen molar-refractivity contribution in [2.75, 3.05) is 13.7 Å². The molecular weight excluding hydrogens is 402 g/mol. The third-order valence-electron chi connectivity index (χ3n) is 4.25. The number of carbonyl (C=O) groups is 1. The van der Waals surface area contributed by atoms with Crippen molar-refractivity contribution in [3.8, 4) is 23.1 Å². The zero-order valence-electron chi connectivity index (χ0n) is 17.0. The number of nitro benzene ring substituents is 1. The Balaban J connectivity index is 1.64. The van der Waals surface area contributed by atoms with E-state index in [2.05, 4.69) is 10.3 Å². The van der Waals surface area contributed by atoms with Crippen LogP contribution in [0.5, 0.6) is 23.1 Å². The minimum absolute atomic E-state index is 0.0896. The van der Waals surface area contributed by atoms with Crippen LogP contribution < -0.4 is 19.5 Å². The van der Waals surface area contributed by atoms with Gasteiger partial charge < -0.3 is 19.5 Å². The maximum Gasteiger partial charge on any atom is 0.311 e. The van der Waals surface area contributed by atoms with Gasteiger partial charge in [0, 0.05) is 30.4 Å². The number of amides is 1. The molecular formula is C22H21N3O6. The van der Waals surface area contributed by atoms with Gasteiger partial charge >= 0.3 is 5.69 Å². The van der Waals surface area contributed by atoms with Gasteiger partial charge in [0.05, 0.1) is 18.6 Å². The van der Waals surface area contributed by atoms with Crippen LogP contribution in [-0.2, 0) is 6.54 Å². The van der Waals surface area contributed by atoms with E-state index >= 15 is 0 Å². The second-order valence-electron chi connectivity index (χ2n) is 6.34. The van der Waals surface area contributed by atoms with E-state index < -0.39 is 10.8 Å². The molecule has 1 N–H and O–H groups in total. The molecule has 160 valence electrons. The molecule has 3 rings (SSSR count). The lowest BCUT2D eigenvalue weighted by atomic mass is 10.1. The van der Waals surface area contributed by atoms with Gasteiger partial charge in [0.15, 0.2) is 5.75 Å². The number of aromatic nitrogens is 1. The maximum atomic E-state index is 12.4. The molecule has 1 heterocycles. The molecule has 0 saturated heterocycles. The first-order valence-corrected chi connectivity index (χ1v) is 9.46. The van der Waals surface area contributed by atoms with Gasteiger partial charge in [-0.1, -0.05) is 0 Å². The summed E-state index contributed by atoms with van der Waals surface area (Å²) >= 11 is 0. The Morgan fingerprint density at radius 1 is 1.10 bits per heavy atom. The minimum atomic E-state index is -0.594. The predicted molar refractivity (Wildman–Crippen MR) is 113 cm³/mol. The summed E-state index contributed by atoms with van der Waals surface area (Å²) in [5.41, 5.74) is 0.643. The van der Waals surface area contributed by atoms with Crippen molar-refractivity contribution in [1.82, 2.24) is 10.3 Å². The number of pyridine rings is 1. The fourth-order valence-electron chi connectivity index (χ4n) is 2.77. The molecule has 2 aromatic carbocycles. The van der Waals surface area contributed by atoms with Crippen LogP contribution in [-0.4, -0.2) is 29.5 Å². The third-order valence-corrected chi connectivity index (χ3v) is 4.25. The van der Waals surface area contributed by atoms with Crippen LogP contribution in [0.4, 0.5) is 5.69 Å². The van der Waals surface area contributed by atoms with Gasteiger partial charge in [-0.15, -0.1) is 0 Å². The smallest absolute Gasteiger partial charge is 0.311 e. The molecule has 3 aromatic rings. The van der Waals surface area contributed by atoms with E-state index in [9.17, 15) is 14.9 Å². The van der Waals surface area contributed by atoms with Gasteiger partial charge in [-0.25, -0.2) is 4.98 Å². The minimum Gasteiger partial charge on any atom is -0.494 e. The van der Waals surface area contributed by atoms with E-state index in [4.69, 9.17) is 14.2 Å². The van der Waals surface area contributed by atoms with Crippen LogP contribution in [0.15, 0.2) is 60.8 Å². The highest BCUT2D eigenvalue weighted by Crippen LogP contribution is 2.27. The van der Waals surface area contributed by atoms with E-state index in [0.717, 1.165) is 11.3 Å². The van der Waals surface area contributed by atoms with Gasteiger partial charge in [0.25, 0.3) is 5.91 Å². The van der Waals surface area contributed by atoms with Crippen molar-refractivity contribution in [1.29, 1.82) is 0 Å². The third kappa shape index (κ3) is 5.69. The van der Waals surface area contributed by atoms with Crippen molar-refractivity contribution in [3.05, 3.63) is 82.0 Å². The molecule has 0 aliphatic rings. The van der Waals surface area contributed by atoms with Crippen LogP contribution in [0, 0.1) is 10.1 Å². The summed E-state index contributed by atoms with van der Waals surface area (Å²) in [6, 6.07) is 14.6. The van der Waals surface area contributed by atoms with Crippen LogP contribution in [0.2, 0.25) is 0 Å². The zero-order chi connectivity index (χ0) is 22.2. The molecule has 0 spiro atoms. The van der Waals surface area contributed by atoms with Crippen LogP contribution >= 0.6 is 0 Å². The quantitative estimate of drug-likeness (QED) is 0.407. The average molecular weight is 423 g/mol. The number of hydrogen-bond donors (Lipinski definition) is 1. The van der Waals surface area contributed by atoms with Crippen molar-refractivity contribution in [2.45, 2.75) is 13.5 Å². The number of benzene rings is 2. The Morgan fingerprint density at radius 2 is 1.84 bits per heavy atom. The normalized spacial score (nSPS) is 10.3. The summed E-state index contributed by atoms with van der Waals surface area (Å²) in [5.74, 6) is 1.36. The van der Waals surface area contributed by atoms with Crippen LogP contribution in [0.1, 0.15) is 22.8 Å². The molecule has 9 heteroatoms. The molecule has 0 radical (unpaired) electrons. The Labute approximate surface area is 178 Å². The number of methoxy groups -OCH3 is 1. The maximum absolute atomic E-state index is 12.4. The lowest BCUT2D eigenvalue weighted by molar-refractivity contribution is -0.385. The first kappa shape index (κ1) is 21.6. The molecule has 0 atom stereocenters. The summed E-state index contributed by atoms with van der Waals surface area (Å²) in [7, 11) is 1.33. The second-order valence-corrected chi connectivity index (χ2v) is 6.34. The van der Waals surface area contributed by atoms with Gasteiger partial charge in [-0.05, 0) is 55.0 Å². The standard InChI is InChI=1S/C22H21N3O6/c1-3-30-17-5-7-18(8-6-17)31-21-12-15(10-11-23-21)14-24-22(26)16-4-9-20(29-2)19(13-16)25(27)28/h4-13H,3,14H2,1-2H3,(H,24,26). The Kier molecular flexibility index (Phi) is 7.00. The Morgan fingerprint density at radius 3 is 2.52 bits per heavy atom. The number of hydrogen-bond acceptors (Lipinski definition) is 7. The van der Waals surface area contributed by atoms with Crippen LogP contribution in [0.25, 0.3) is 0 Å². The fraction of sp³-hybridized carbons (Fsp3) is 0.182. The summed E-state index contributed by atoms with van der Waals surface area (Å²) in [5, 5.41) is 13.9. The summed E-state index contributed by atoms with van der Waals surface area (Å²) in [6.07, 6.45) is 1.57. The van der Waals surface area contributed by atoms with Crippen LogP contribution in [0.3, 0.4) is 0 Å². The van der Waals surface area contributed by atoms with Crippen molar-refractivity contribution in [3.63, 3.8) is 0 Å². The number of ether oxygens (including phenoxy) is 3. The average Bonchev–Trinajstić information content (AvgIpc) is 2.78. The molecule has 9 nitrogen and oxygen atoms in total. The predicted octanol–water partition coefficient (Wildman–Crippen LogP) is 4.12. The highest BCUT2D eigenvalue weighted by molar-refractivity contribution is 5.95. The number of rotatable bonds is 9. The van der Waals surface area contributed by atoms with Crippen molar-refractivity contribution in [2.24, 2.45) is 0 Å². The Bertz CT molecular complexity index is 1070. The van der Waals surface area contributed by atoms with E-state index in [1.807, 2.05) is 6.92 Å². The molecule has 1 amide bonds. The molecule has 31 heavy (non-hydrogen) atoms. The summed E-state index contributed by atoms with van der Waals surface area (Å²) < 4.78 is 16.1. The lowest BCUT2D eigenvalue weighted by Crippen LogP contribution is -2.22. The van der Waals surface area contributed by atoms with Gasteiger partial charge in [-0.2, -0.15) is 0 Å². The fourth-order valence-corrected chi connectivity index (χ4v) is 2.77. The molecule has 0 saturated carbocycles. The monoisotopic (exact) mass is 423 g/mol. The van der Waals surface area contributed by atoms with E-state index in [1.165, 1.54) is 25.3 Å². The molecule has 0 aliphatic carbocycles. The molecule has 0 fully saturated rings. The van der Waals surface area contributed by atoms with E-state index in [1.54, 1.807) is 42.6 Å². The zero-order valence-corrected chi connectivity index (χ0v) is 17.0. The Hall–Kier alpha value is -4.14. The first-order chi connectivity index (χ1) is 15.0. The SMILES string of the molecule is CCOc1ccc(Oc2cc(CNC(=O)c3ccc(OC)c([N+](=O)[O-])c3)ccn2)cc1. The number of nitro groups is 1. The highest BCUT2D eigenvalue weighted by atomic mass is 16.6. The molecule has 1 aromatic heterocycles. The van der Waals surface area contributed by atoms with Gasteiger partial charge in [0.1, 0.15) is 11.5 Å².